The summed E-state index contributed by atoms with van der Waals surface area (Å²) in [6.45, 7) is 10.5. The molecule has 0 spiro atoms. The summed E-state index contributed by atoms with van der Waals surface area (Å²) in [4.78, 5) is 26.8. The minimum Gasteiger partial charge on any atom is -0.460 e. The number of Topliss-reactive ketones (excluding diaryl/α,β-unsaturated/α-hetero) is 1. The molecule has 0 fully saturated rings. The first-order chi connectivity index (χ1) is 12.5. The molecule has 0 saturated heterocycles. The zero-order valence-electron chi connectivity index (χ0n) is 16.9. The van der Waals surface area contributed by atoms with Crippen molar-refractivity contribution in [2.75, 3.05) is 7.11 Å². The number of carbonyl (C=O) groups excluding carboxylic acids is 2. The van der Waals surface area contributed by atoms with Crippen LogP contribution in [0.5, 0.6) is 0 Å². The SMILES string of the molecule is COC(=O)C(=[N+]=[N-])C(=O)CC(/C=C/c1ccccc1)O[Si](C)(C)C(C)(C)C. The maximum absolute atomic E-state index is 12.4. The highest BCUT2D eigenvalue weighted by Crippen LogP contribution is 2.37. The van der Waals surface area contributed by atoms with Gasteiger partial charge < -0.3 is 14.7 Å². The fourth-order valence-electron chi connectivity index (χ4n) is 2.07. The molecule has 0 bridgehead atoms. The van der Waals surface area contributed by atoms with Crippen LogP contribution in [0.3, 0.4) is 0 Å². The normalized spacial score (nSPS) is 13.1. The lowest BCUT2D eigenvalue weighted by Crippen LogP contribution is -2.44. The van der Waals surface area contributed by atoms with Crippen molar-refractivity contribution in [3.05, 3.63) is 47.5 Å². The second kappa shape index (κ2) is 9.55. The van der Waals surface area contributed by atoms with Crippen LogP contribution >= 0.6 is 0 Å². The molecule has 0 heterocycles. The molecular weight excluding hydrogens is 360 g/mol. The van der Waals surface area contributed by atoms with Crippen molar-refractivity contribution < 1.29 is 23.5 Å². The standard InChI is InChI=1S/C20H28N2O4Si/c1-20(2,3)27(5,6)26-16(13-12-15-10-8-7-9-11-15)14-17(23)18(22-21)19(24)25-4/h7-13,16H,14H2,1-6H3/b13-12+. The average Bonchev–Trinajstić information content (AvgIpc) is 2.59. The van der Waals surface area contributed by atoms with Crippen LogP contribution in [0.4, 0.5) is 0 Å². The van der Waals surface area contributed by atoms with Gasteiger partial charge in [0.15, 0.2) is 8.32 Å². The van der Waals surface area contributed by atoms with Crippen molar-refractivity contribution in [2.24, 2.45) is 0 Å². The Morgan fingerprint density at radius 1 is 1.22 bits per heavy atom. The zero-order valence-corrected chi connectivity index (χ0v) is 17.9. The van der Waals surface area contributed by atoms with Gasteiger partial charge in [0, 0.05) is 6.42 Å². The van der Waals surface area contributed by atoms with Crippen molar-refractivity contribution in [3.8, 4) is 0 Å². The number of hydrogen-bond donors (Lipinski definition) is 0. The van der Waals surface area contributed by atoms with Gasteiger partial charge in [0.05, 0.1) is 13.2 Å². The van der Waals surface area contributed by atoms with Crippen LogP contribution in [-0.4, -0.2) is 43.8 Å². The van der Waals surface area contributed by atoms with Crippen molar-refractivity contribution in [1.29, 1.82) is 0 Å². The van der Waals surface area contributed by atoms with Gasteiger partial charge in [-0.15, -0.1) is 0 Å². The van der Waals surface area contributed by atoms with Crippen LogP contribution in [-0.2, 0) is 18.8 Å². The van der Waals surface area contributed by atoms with Crippen LogP contribution in [0.1, 0.15) is 32.8 Å². The van der Waals surface area contributed by atoms with Crippen LogP contribution in [0.25, 0.3) is 11.6 Å². The largest absolute Gasteiger partial charge is 0.460 e. The number of nitrogens with zero attached hydrogens (tertiary/aromatic N) is 2. The van der Waals surface area contributed by atoms with Gasteiger partial charge in [0.1, 0.15) is 0 Å². The second-order valence-electron chi connectivity index (χ2n) is 7.75. The number of rotatable bonds is 8. The van der Waals surface area contributed by atoms with Crippen molar-refractivity contribution in [2.45, 2.75) is 51.4 Å². The Morgan fingerprint density at radius 2 is 1.81 bits per heavy atom. The smallest absolute Gasteiger partial charge is 0.441 e. The minimum absolute atomic E-state index is 0.0505. The van der Waals surface area contributed by atoms with E-state index < -0.39 is 31.9 Å². The molecule has 27 heavy (non-hydrogen) atoms. The summed E-state index contributed by atoms with van der Waals surface area (Å²) in [6, 6.07) is 9.64. The van der Waals surface area contributed by atoms with E-state index in [2.05, 4.69) is 43.4 Å². The molecule has 0 amide bonds. The van der Waals surface area contributed by atoms with Crippen LogP contribution in [0.2, 0.25) is 18.1 Å². The lowest BCUT2D eigenvalue weighted by Gasteiger charge is -2.38. The van der Waals surface area contributed by atoms with Gasteiger partial charge in [-0.25, -0.2) is 4.79 Å². The van der Waals surface area contributed by atoms with E-state index in [9.17, 15) is 9.59 Å². The van der Waals surface area contributed by atoms with Crippen molar-refractivity contribution >= 4 is 31.9 Å². The van der Waals surface area contributed by atoms with E-state index >= 15 is 0 Å². The predicted octanol–water partition coefficient (Wildman–Crippen LogP) is 3.89. The molecule has 146 valence electrons. The maximum Gasteiger partial charge on any atom is 0.441 e. The summed E-state index contributed by atoms with van der Waals surface area (Å²) in [5.41, 5.74) is 9.34. The summed E-state index contributed by atoms with van der Waals surface area (Å²) < 4.78 is 10.8. The number of esters is 1. The molecule has 1 rings (SSSR count). The molecule has 7 heteroatoms. The zero-order chi connectivity index (χ0) is 20.7. The van der Waals surface area contributed by atoms with E-state index in [-0.39, 0.29) is 11.5 Å². The summed E-state index contributed by atoms with van der Waals surface area (Å²) in [7, 11) is -1.05. The Kier molecular flexibility index (Phi) is 8.03. The third kappa shape index (κ3) is 6.71. The monoisotopic (exact) mass is 388 g/mol. The van der Waals surface area contributed by atoms with E-state index in [0.29, 0.717) is 0 Å². The topological polar surface area (TPSA) is 89.0 Å². The highest BCUT2D eigenvalue weighted by Gasteiger charge is 2.40. The molecular formula is C20H28N2O4Si. The van der Waals surface area contributed by atoms with Gasteiger partial charge in [-0.3, -0.25) is 4.79 Å². The maximum atomic E-state index is 12.4. The molecule has 1 aromatic rings. The average molecular weight is 389 g/mol. The molecule has 0 N–H and O–H groups in total. The molecule has 0 aliphatic rings. The van der Waals surface area contributed by atoms with Crippen LogP contribution in [0.15, 0.2) is 36.4 Å². The molecule has 1 atom stereocenters. The fraction of sp³-hybridized carbons (Fsp3) is 0.450. The Bertz CT molecular complexity index is 745. The Balaban J connectivity index is 3.10. The number of carbonyl (C=O) groups is 2. The van der Waals surface area contributed by atoms with E-state index in [1.54, 1.807) is 6.08 Å². The molecule has 0 aliphatic heterocycles. The summed E-state index contributed by atoms with van der Waals surface area (Å²) in [5.74, 6) is -1.61. The third-order valence-electron chi connectivity index (χ3n) is 4.68. The molecule has 6 nitrogen and oxygen atoms in total. The Labute approximate surface area is 161 Å². The molecule has 0 aliphatic carbocycles. The number of hydrogen-bond acceptors (Lipinski definition) is 4. The molecule has 1 unspecified atom stereocenters. The van der Waals surface area contributed by atoms with Gasteiger partial charge >= 0.3 is 11.7 Å². The predicted molar refractivity (Wildman–Crippen MR) is 108 cm³/mol. The molecule has 1 aromatic carbocycles. The summed E-state index contributed by atoms with van der Waals surface area (Å²) >= 11 is 0. The van der Waals surface area contributed by atoms with Crippen molar-refractivity contribution in [1.82, 2.24) is 0 Å². The second-order valence-corrected chi connectivity index (χ2v) is 12.5. The first kappa shape index (κ1) is 22.7. The summed E-state index contributed by atoms with van der Waals surface area (Å²) in [6.07, 6.45) is 3.00. The minimum atomic E-state index is -2.18. The number of benzene rings is 1. The van der Waals surface area contributed by atoms with E-state index in [0.717, 1.165) is 12.7 Å². The van der Waals surface area contributed by atoms with Gasteiger partial charge in [0.2, 0.25) is 0 Å². The fourth-order valence-corrected chi connectivity index (χ4v) is 3.35. The Morgan fingerprint density at radius 3 is 2.30 bits per heavy atom. The van der Waals surface area contributed by atoms with Crippen LogP contribution < -0.4 is 0 Å². The lowest BCUT2D eigenvalue weighted by molar-refractivity contribution is -0.139. The number of ketones is 1. The van der Waals surface area contributed by atoms with Crippen LogP contribution in [0, 0.1) is 0 Å². The van der Waals surface area contributed by atoms with E-state index in [1.807, 2.05) is 36.4 Å². The van der Waals surface area contributed by atoms with Gasteiger partial charge in [0.25, 0.3) is 5.78 Å². The van der Waals surface area contributed by atoms with Gasteiger partial charge in [-0.05, 0) is 23.7 Å². The number of ether oxygens (including phenoxy) is 1. The third-order valence-corrected chi connectivity index (χ3v) is 9.19. The quantitative estimate of drug-likeness (QED) is 0.169. The van der Waals surface area contributed by atoms with E-state index in [4.69, 9.17) is 9.96 Å². The highest BCUT2D eigenvalue weighted by molar-refractivity contribution is 6.74. The number of methoxy groups -OCH3 is 1. The summed E-state index contributed by atoms with van der Waals surface area (Å²) in [5, 5.41) is -0.0505. The van der Waals surface area contributed by atoms with Crippen molar-refractivity contribution in [3.63, 3.8) is 0 Å². The first-order valence-corrected chi connectivity index (χ1v) is 11.7. The highest BCUT2D eigenvalue weighted by atomic mass is 28.4. The first-order valence-electron chi connectivity index (χ1n) is 8.76. The van der Waals surface area contributed by atoms with Gasteiger partial charge in [-0.1, -0.05) is 63.3 Å². The molecule has 0 saturated carbocycles. The van der Waals surface area contributed by atoms with Gasteiger partial charge in [-0.2, -0.15) is 4.79 Å². The lowest BCUT2D eigenvalue weighted by atomic mass is 10.1. The molecule has 0 radical (unpaired) electrons. The Hall–Kier alpha value is -2.34. The molecule has 0 aromatic heterocycles. The van der Waals surface area contributed by atoms with E-state index in [1.165, 1.54) is 0 Å².